The molecule has 5 aromatic rings. The molecule has 0 saturated carbocycles. The summed E-state index contributed by atoms with van der Waals surface area (Å²) in [7, 11) is -6.77. The van der Waals surface area contributed by atoms with Crippen LogP contribution in [0.2, 0.25) is 0 Å². The van der Waals surface area contributed by atoms with Gasteiger partial charge in [0.05, 0.1) is 14.7 Å². The zero-order valence-electron chi connectivity index (χ0n) is 34.4. The van der Waals surface area contributed by atoms with Gasteiger partial charge in [-0.25, -0.2) is 34.7 Å². The number of rotatable bonds is 18. The monoisotopic (exact) mass is 1080 g/mol. The first kappa shape index (κ1) is 58.0. The summed E-state index contributed by atoms with van der Waals surface area (Å²) < 4.78 is 75.8. The van der Waals surface area contributed by atoms with E-state index >= 15 is 0 Å². The molecule has 0 unspecified atom stereocenters. The first-order valence-electron chi connectivity index (χ1n) is 19.5. The van der Waals surface area contributed by atoms with Crippen LogP contribution in [0.1, 0.15) is 38.5 Å². The predicted octanol–water partition coefficient (Wildman–Crippen LogP) is 5.36. The molecule has 5 aromatic carbocycles. The van der Waals surface area contributed by atoms with E-state index in [1.165, 1.54) is 12.1 Å². The predicted molar refractivity (Wildman–Crippen MR) is 258 cm³/mol. The normalized spacial score (nSPS) is 10.9. The Bertz CT molecular complexity index is 2340. The lowest BCUT2D eigenvalue weighted by molar-refractivity contribution is 0.284. The molecule has 0 spiro atoms. The van der Waals surface area contributed by atoms with Gasteiger partial charge in [-0.15, -0.1) is 0 Å². The number of benzene rings is 5. The smallest absolute Gasteiger partial charge is 0.423 e. The van der Waals surface area contributed by atoms with Crippen molar-refractivity contribution in [3.8, 4) is 11.1 Å². The summed E-state index contributed by atoms with van der Waals surface area (Å²) in [6.07, 6.45) is 4.22. The first-order chi connectivity index (χ1) is 29.9. The van der Waals surface area contributed by atoms with Crippen LogP contribution in [0, 0.1) is 0 Å². The van der Waals surface area contributed by atoms with Crippen LogP contribution in [0.15, 0.2) is 157 Å². The molecule has 0 heterocycles. The Morgan fingerprint density at radius 2 is 0.905 bits per heavy atom. The van der Waals surface area contributed by atoms with Gasteiger partial charge in [0.1, 0.15) is 0 Å². The van der Waals surface area contributed by atoms with Gasteiger partial charge in [0.2, 0.25) is 20.0 Å². The highest BCUT2D eigenvalue weighted by atomic mass is 79.9. The molecule has 14 nitrogen and oxygen atoms in total. The van der Waals surface area contributed by atoms with Crippen molar-refractivity contribution in [3.05, 3.63) is 142 Å². The fourth-order valence-corrected chi connectivity index (χ4v) is 8.80. The number of nitrogens with one attached hydrogen (secondary N) is 2. The van der Waals surface area contributed by atoms with Crippen molar-refractivity contribution >= 4 is 84.2 Å². The zero-order valence-corrected chi connectivity index (χ0v) is 40.8. The van der Waals surface area contributed by atoms with E-state index in [4.69, 9.17) is 41.8 Å². The first-order valence-corrected chi connectivity index (χ1v) is 26.3. The van der Waals surface area contributed by atoms with Gasteiger partial charge in [-0.2, -0.15) is 0 Å². The second kappa shape index (κ2) is 32.6. The van der Waals surface area contributed by atoms with E-state index in [-0.39, 0.29) is 34.5 Å². The molecule has 0 bridgehead atoms. The molecule has 21 heteroatoms. The van der Waals surface area contributed by atoms with E-state index in [1.807, 2.05) is 42.5 Å². The third kappa shape index (κ3) is 25.9. The van der Waals surface area contributed by atoms with E-state index < -0.39 is 36.2 Å². The second-order valence-corrected chi connectivity index (χ2v) is 20.8. The maximum absolute atomic E-state index is 12.2. The Balaban J connectivity index is 0.000000419. The average Bonchev–Trinajstić information content (AvgIpc) is 3.27. The van der Waals surface area contributed by atoms with Gasteiger partial charge < -0.3 is 31.1 Å². The van der Waals surface area contributed by atoms with Crippen LogP contribution < -0.4 is 20.6 Å². The van der Waals surface area contributed by atoms with Crippen LogP contribution >= 0.6 is 42.5 Å². The van der Waals surface area contributed by atoms with Gasteiger partial charge in [0.15, 0.2) is 0 Å². The van der Waals surface area contributed by atoms with Crippen LogP contribution in [0.4, 0.5) is 0 Å². The number of halogens is 3. The highest BCUT2D eigenvalue weighted by Gasteiger charge is 2.15. The van der Waals surface area contributed by atoms with Crippen molar-refractivity contribution < 1.29 is 50.6 Å². The van der Waals surface area contributed by atoms with Crippen LogP contribution in [0.25, 0.3) is 11.1 Å². The number of unbranched alkanes of at least 4 members (excludes halogenated alkanes) is 3. The minimum atomic E-state index is -3.58. The lowest BCUT2D eigenvalue weighted by atomic mass is 9.81. The van der Waals surface area contributed by atoms with Gasteiger partial charge in [0, 0.05) is 52.5 Å². The molecular weight excluding hydrogens is 1020 g/mol. The van der Waals surface area contributed by atoms with Gasteiger partial charge in [0.25, 0.3) is 9.05 Å². The number of aliphatic hydroxyl groups is 3. The Morgan fingerprint density at radius 1 is 0.508 bits per heavy atom. The summed E-state index contributed by atoms with van der Waals surface area (Å²) in [5, 5.41) is 42.6. The Labute approximate surface area is 393 Å². The molecule has 63 heavy (non-hydrogen) atoms. The van der Waals surface area contributed by atoms with Gasteiger partial charge in [-0.05, 0) is 110 Å². The average molecular weight is 1080 g/mol. The molecular formula is C42H55BBr2ClN3O11S3. The largest absolute Gasteiger partial charge is 0.488 e. The van der Waals surface area contributed by atoms with Crippen molar-refractivity contribution in [1.29, 1.82) is 0 Å². The lowest BCUT2D eigenvalue weighted by Crippen LogP contribution is -2.29. The van der Waals surface area contributed by atoms with Crippen LogP contribution in [-0.2, 0) is 29.1 Å². The summed E-state index contributed by atoms with van der Waals surface area (Å²) >= 11 is 6.35. The van der Waals surface area contributed by atoms with Crippen LogP contribution in [0.5, 0.6) is 0 Å². The maximum atomic E-state index is 12.2. The minimum Gasteiger partial charge on any atom is -0.423 e. The van der Waals surface area contributed by atoms with E-state index in [0.29, 0.717) is 55.3 Å². The standard InChI is InChI=1S/C16H19NO3S.C10H14BrNO3S.C6H7BO2.C6H4BrClO2S.C4H11NO/c18-12-5-4-11-17-21(19,20)16-10-6-9-15(13-16)14-7-2-1-3-8-14;11-9-4-3-5-10(8-9)16(14,15)12-6-1-2-7-13;8-7(9)6-4-2-1-3-5-6;7-5-2-1-3-6(4-5)11(8,9)10;5-3-1-2-4-6/h1-3,6-10,13,17-18H,4-5,11-12H2;3-5,8,12-13H,1-2,6-7H2;1-5,8-9H;1-4H;6H,1-5H2. The van der Waals surface area contributed by atoms with Crippen molar-refractivity contribution in [3.63, 3.8) is 0 Å². The second-order valence-electron chi connectivity index (χ2n) is 12.9. The molecule has 0 aliphatic carbocycles. The lowest BCUT2D eigenvalue weighted by Gasteiger charge is -2.08. The number of hydrogen-bond acceptors (Lipinski definition) is 12. The summed E-state index contributed by atoms with van der Waals surface area (Å²) in [5.41, 5.74) is 7.48. The highest BCUT2D eigenvalue weighted by molar-refractivity contribution is 9.10. The van der Waals surface area contributed by atoms with Crippen LogP contribution in [-0.4, -0.2) is 97.2 Å². The molecule has 9 N–H and O–H groups in total. The van der Waals surface area contributed by atoms with E-state index in [1.54, 1.807) is 78.9 Å². The molecule has 0 fully saturated rings. The maximum Gasteiger partial charge on any atom is 0.488 e. The van der Waals surface area contributed by atoms with Gasteiger partial charge in [-0.1, -0.05) is 117 Å². The molecule has 0 aliphatic rings. The Morgan fingerprint density at radius 3 is 1.29 bits per heavy atom. The Hall–Kier alpha value is -3.06. The van der Waals surface area contributed by atoms with Crippen molar-refractivity contribution in [2.24, 2.45) is 5.73 Å². The summed E-state index contributed by atoms with van der Waals surface area (Å²) in [6, 6.07) is 38.0. The fourth-order valence-electron chi connectivity index (χ4n) is 4.66. The van der Waals surface area contributed by atoms with Crippen molar-refractivity contribution in [2.75, 3.05) is 39.5 Å². The highest BCUT2D eigenvalue weighted by Crippen LogP contribution is 2.22. The van der Waals surface area contributed by atoms with Gasteiger partial charge >= 0.3 is 7.12 Å². The molecule has 0 aromatic heterocycles. The molecule has 0 atom stereocenters. The summed E-state index contributed by atoms with van der Waals surface area (Å²) in [6.45, 7) is 1.80. The molecule has 346 valence electrons. The number of nitrogens with two attached hydrogens (primary N) is 1. The van der Waals surface area contributed by atoms with Gasteiger partial charge in [-0.3, -0.25) is 0 Å². The molecule has 0 amide bonds. The fraction of sp³-hybridized carbons (Fsp3) is 0.286. The quantitative estimate of drug-likeness (QED) is 0.0314. The number of aliphatic hydroxyl groups excluding tert-OH is 3. The van der Waals surface area contributed by atoms with E-state index in [2.05, 4.69) is 41.3 Å². The van der Waals surface area contributed by atoms with E-state index in [0.717, 1.165) is 28.4 Å². The third-order valence-electron chi connectivity index (χ3n) is 7.90. The summed E-state index contributed by atoms with van der Waals surface area (Å²) in [5.74, 6) is 0. The molecule has 0 aliphatic heterocycles. The number of sulfonamides is 2. The molecule has 0 saturated heterocycles. The van der Waals surface area contributed by atoms with Crippen molar-refractivity contribution in [2.45, 2.75) is 53.2 Å². The number of hydrogen-bond donors (Lipinski definition) is 8. The topological polar surface area (TPSA) is 254 Å². The van der Waals surface area contributed by atoms with Crippen molar-refractivity contribution in [1.82, 2.24) is 9.44 Å². The van der Waals surface area contributed by atoms with E-state index in [9.17, 15) is 25.3 Å². The minimum absolute atomic E-state index is 0.0746. The molecule has 5 rings (SSSR count). The Kier molecular flexibility index (Phi) is 30.0. The molecule has 0 radical (unpaired) electrons. The van der Waals surface area contributed by atoms with Crippen LogP contribution in [0.3, 0.4) is 0 Å². The third-order valence-corrected chi connectivity index (χ3v) is 13.2. The SMILES string of the molecule is NCCCCO.O=S(=O)(Cl)c1cccc(Br)c1.O=S(=O)(NCCCCO)c1cccc(-c2ccccc2)c1.O=S(=O)(NCCCCO)c1cccc(Br)c1.OB(O)c1ccccc1. The zero-order chi connectivity index (χ0) is 47.2. The summed E-state index contributed by atoms with van der Waals surface area (Å²) in [4.78, 5) is 0.604.